The van der Waals surface area contributed by atoms with E-state index in [1.165, 1.54) is 6.92 Å². The Bertz CT molecular complexity index is 964. The number of piperazine rings is 1. The number of carbonyl (C=O) groups is 2. The number of anilines is 1. The second-order valence-electron chi connectivity index (χ2n) is 9.41. The van der Waals surface area contributed by atoms with Crippen LogP contribution in [0.15, 0.2) is 35.2 Å². The van der Waals surface area contributed by atoms with Crippen molar-refractivity contribution in [1.82, 2.24) is 20.9 Å². The van der Waals surface area contributed by atoms with Crippen molar-refractivity contribution < 1.29 is 14.3 Å². The molecule has 4 rings (SSSR count). The summed E-state index contributed by atoms with van der Waals surface area (Å²) < 4.78 is 6.04. The maximum atomic E-state index is 12.7. The first-order valence-electron chi connectivity index (χ1n) is 12.6. The van der Waals surface area contributed by atoms with Crippen molar-refractivity contribution in [1.29, 1.82) is 0 Å². The van der Waals surface area contributed by atoms with Gasteiger partial charge < -0.3 is 36.6 Å². The summed E-state index contributed by atoms with van der Waals surface area (Å²) in [4.78, 5) is 30.9. The van der Waals surface area contributed by atoms with Gasteiger partial charge in [-0.3, -0.25) is 9.59 Å². The molecule has 35 heavy (non-hydrogen) atoms. The molecule has 1 aliphatic carbocycles. The summed E-state index contributed by atoms with van der Waals surface area (Å²) in [7, 11) is 0. The number of nitrogens with two attached hydrogens (primary N) is 1. The number of nitrogens with zero attached hydrogens (tertiary/aromatic N) is 2. The number of amidine groups is 1. The highest BCUT2D eigenvalue weighted by Gasteiger charge is 2.24. The first kappa shape index (κ1) is 25.2. The molecule has 0 atom stereocenters. The fraction of sp³-hybridized carbons (Fsp3) is 0.560. The smallest absolute Gasteiger partial charge is 0.251 e. The normalized spacial score (nSPS) is 24.9. The molecule has 1 aromatic carbocycles. The highest BCUT2D eigenvalue weighted by atomic mass is 16.5. The fourth-order valence-electron chi connectivity index (χ4n) is 4.57. The minimum absolute atomic E-state index is 0.140. The zero-order valence-corrected chi connectivity index (χ0v) is 20.4. The van der Waals surface area contributed by atoms with Crippen molar-refractivity contribution in [2.24, 2.45) is 10.7 Å². The molecule has 6 N–H and O–H groups in total. The van der Waals surface area contributed by atoms with Crippen LogP contribution in [0.2, 0.25) is 0 Å². The quantitative estimate of drug-likeness (QED) is 0.365. The van der Waals surface area contributed by atoms with E-state index in [9.17, 15) is 9.59 Å². The van der Waals surface area contributed by atoms with Gasteiger partial charge in [0, 0.05) is 63.5 Å². The topological polar surface area (TPSA) is 133 Å². The van der Waals surface area contributed by atoms with Gasteiger partial charge in [0.2, 0.25) is 5.91 Å². The molecule has 0 bridgehead atoms. The van der Waals surface area contributed by atoms with Crippen molar-refractivity contribution in [3.8, 4) is 5.75 Å². The first-order valence-corrected chi connectivity index (χ1v) is 12.6. The molecule has 0 unspecified atom stereocenters. The second kappa shape index (κ2) is 12.1. The molecule has 0 spiro atoms. The maximum Gasteiger partial charge on any atom is 0.251 e. The number of hydrogen-bond acceptors (Lipinski definition) is 7. The van der Waals surface area contributed by atoms with Crippen molar-refractivity contribution in [3.63, 3.8) is 0 Å². The summed E-state index contributed by atoms with van der Waals surface area (Å²) in [5.74, 6) is 0.846. The molecule has 0 aromatic heterocycles. The molecule has 10 nitrogen and oxygen atoms in total. The van der Waals surface area contributed by atoms with Crippen LogP contribution in [0.4, 0.5) is 5.69 Å². The zero-order valence-electron chi connectivity index (χ0n) is 20.4. The van der Waals surface area contributed by atoms with E-state index in [1.807, 2.05) is 0 Å². The summed E-state index contributed by atoms with van der Waals surface area (Å²) in [6, 6.07) is 5.81. The van der Waals surface area contributed by atoms with Gasteiger partial charge >= 0.3 is 0 Å². The summed E-state index contributed by atoms with van der Waals surface area (Å²) in [5, 5.41) is 12.9. The number of benzene rings is 1. The fourth-order valence-corrected chi connectivity index (χ4v) is 4.57. The van der Waals surface area contributed by atoms with Crippen molar-refractivity contribution in [2.45, 2.75) is 51.1 Å². The third kappa shape index (κ3) is 7.27. The Labute approximate surface area is 206 Å². The van der Waals surface area contributed by atoms with Crippen molar-refractivity contribution in [2.75, 3.05) is 44.6 Å². The molecule has 2 fully saturated rings. The van der Waals surface area contributed by atoms with Gasteiger partial charge in [0.05, 0.1) is 5.69 Å². The molecular formula is C25H37N7O3. The molecule has 190 valence electrons. The zero-order chi connectivity index (χ0) is 24.6. The Morgan fingerprint density at radius 1 is 1.23 bits per heavy atom. The number of amides is 2. The van der Waals surface area contributed by atoms with E-state index >= 15 is 0 Å². The molecular weight excluding hydrogens is 446 g/mol. The molecule has 0 radical (unpaired) electrons. The first-order chi connectivity index (χ1) is 17.0. The molecule has 3 aliphatic rings. The van der Waals surface area contributed by atoms with Crippen LogP contribution in [0, 0.1) is 0 Å². The number of hydrogen-bond donors (Lipinski definition) is 5. The van der Waals surface area contributed by atoms with E-state index < -0.39 is 0 Å². The molecule has 2 amide bonds. The van der Waals surface area contributed by atoms with E-state index in [2.05, 4.69) is 31.2 Å². The number of rotatable bonds is 7. The Balaban J connectivity index is 1.36. The lowest BCUT2D eigenvalue weighted by atomic mass is 9.92. The van der Waals surface area contributed by atoms with E-state index in [1.54, 1.807) is 24.4 Å². The molecule has 1 saturated heterocycles. The standard InChI is InChI=1S/C25H37N7O3/c1-17(33)30-24-23(16-29-20-6-4-19(26)5-7-20)35-22-8-3-18(15-21(22)31-24)25(34)28-9-2-12-32-13-10-27-11-14-32/h3,8,15-16,19-20,27,29H,2,4-7,9-14,26H2,1H3,(H,28,34)(H,30,31,33)/b23-16+/t19-,20-. The van der Waals surface area contributed by atoms with Crippen molar-refractivity contribution in [3.05, 3.63) is 35.7 Å². The number of nitrogens with one attached hydrogen (secondary N) is 4. The van der Waals surface area contributed by atoms with E-state index in [-0.39, 0.29) is 17.9 Å². The summed E-state index contributed by atoms with van der Waals surface area (Å²) >= 11 is 0. The lowest BCUT2D eigenvalue weighted by Gasteiger charge is -2.28. The largest absolute Gasteiger partial charge is 0.450 e. The average Bonchev–Trinajstić information content (AvgIpc) is 2.86. The summed E-state index contributed by atoms with van der Waals surface area (Å²) in [6.45, 7) is 7.13. The SMILES string of the molecule is CC(=O)/N=C1/Nc2cc(C(=O)NCCCN3CCNCC3)ccc2O/C1=C/N[C@H]1CC[C@H](N)CC1. The third-order valence-corrected chi connectivity index (χ3v) is 6.59. The number of fused-ring (bicyclic) bond motifs is 1. The molecule has 2 aliphatic heterocycles. The van der Waals surface area contributed by atoms with Crippen molar-refractivity contribution >= 4 is 23.3 Å². The highest BCUT2D eigenvalue weighted by Crippen LogP contribution is 2.32. The average molecular weight is 484 g/mol. The number of carbonyl (C=O) groups excluding carboxylic acids is 2. The lowest BCUT2D eigenvalue weighted by molar-refractivity contribution is -0.115. The lowest BCUT2D eigenvalue weighted by Crippen LogP contribution is -2.44. The minimum atomic E-state index is -0.340. The van der Waals surface area contributed by atoms with Gasteiger partial charge in [-0.15, -0.1) is 0 Å². The Morgan fingerprint density at radius 2 is 2.00 bits per heavy atom. The number of aliphatic imine (C=N–C) groups is 1. The van der Waals surface area contributed by atoms with Crippen LogP contribution in [0.3, 0.4) is 0 Å². The number of ether oxygens (including phenoxy) is 1. The Morgan fingerprint density at radius 3 is 2.74 bits per heavy atom. The van der Waals surface area contributed by atoms with Crippen LogP contribution in [0.5, 0.6) is 5.75 Å². The van der Waals surface area contributed by atoms with Gasteiger partial charge in [-0.25, -0.2) is 0 Å². The second-order valence-corrected chi connectivity index (χ2v) is 9.41. The van der Waals surface area contributed by atoms with Gasteiger partial charge in [0.25, 0.3) is 5.91 Å². The minimum Gasteiger partial charge on any atom is -0.450 e. The van der Waals surface area contributed by atoms with Gasteiger partial charge in [-0.05, 0) is 56.8 Å². The predicted molar refractivity (Wildman–Crippen MR) is 137 cm³/mol. The van der Waals surface area contributed by atoms with Crippen LogP contribution in [0.25, 0.3) is 0 Å². The summed E-state index contributed by atoms with van der Waals surface area (Å²) in [5.41, 5.74) is 7.12. The summed E-state index contributed by atoms with van der Waals surface area (Å²) in [6.07, 6.45) is 6.61. The van der Waals surface area contributed by atoms with Crippen LogP contribution < -0.4 is 31.7 Å². The van der Waals surface area contributed by atoms with Crippen LogP contribution in [-0.2, 0) is 4.79 Å². The van der Waals surface area contributed by atoms with Crippen LogP contribution in [0.1, 0.15) is 49.4 Å². The monoisotopic (exact) mass is 483 g/mol. The van der Waals surface area contributed by atoms with Gasteiger partial charge in [-0.1, -0.05) is 0 Å². The van der Waals surface area contributed by atoms with E-state index in [4.69, 9.17) is 10.5 Å². The Kier molecular flexibility index (Phi) is 8.73. The molecule has 1 aromatic rings. The van der Waals surface area contributed by atoms with Gasteiger partial charge in [0.1, 0.15) is 0 Å². The maximum absolute atomic E-state index is 12.7. The third-order valence-electron chi connectivity index (χ3n) is 6.59. The molecule has 10 heteroatoms. The highest BCUT2D eigenvalue weighted by molar-refractivity contribution is 6.13. The van der Waals surface area contributed by atoms with Crippen LogP contribution >= 0.6 is 0 Å². The Hall–Kier alpha value is -2.95. The van der Waals surface area contributed by atoms with E-state index in [0.717, 1.165) is 64.8 Å². The van der Waals surface area contributed by atoms with Crippen LogP contribution in [-0.4, -0.2) is 73.9 Å². The predicted octanol–water partition coefficient (Wildman–Crippen LogP) is 1.16. The molecule has 1 saturated carbocycles. The van der Waals surface area contributed by atoms with E-state index in [0.29, 0.717) is 41.2 Å². The van der Waals surface area contributed by atoms with Gasteiger partial charge in [-0.2, -0.15) is 4.99 Å². The molecule has 2 heterocycles. The van der Waals surface area contributed by atoms with Gasteiger partial charge in [0.15, 0.2) is 17.3 Å².